The summed E-state index contributed by atoms with van der Waals surface area (Å²) in [5.41, 5.74) is 0. The Morgan fingerprint density at radius 2 is 2.36 bits per heavy atom. The van der Waals surface area contributed by atoms with Crippen LogP contribution in [0.1, 0.15) is 25.3 Å². The Morgan fingerprint density at radius 3 is 3.09 bits per heavy atom. The van der Waals surface area contributed by atoms with Gasteiger partial charge < -0.3 is 13.7 Å². The molecule has 120 valence electrons. The first-order chi connectivity index (χ1) is 10.6. The largest absolute Gasteiger partial charge is 0.471 e. The number of aryl methyl sites for hydroxylation is 1. The number of nitrogens with zero attached hydrogens (tertiary/aromatic N) is 2. The molecule has 1 aliphatic rings. The molecule has 3 rings (SSSR count). The van der Waals surface area contributed by atoms with Crippen molar-refractivity contribution in [2.45, 2.75) is 30.9 Å². The Hall–Kier alpha value is -1.64. The summed E-state index contributed by atoms with van der Waals surface area (Å²) < 4.78 is 39.5. The van der Waals surface area contributed by atoms with Gasteiger partial charge in [-0.05, 0) is 19.4 Å². The summed E-state index contributed by atoms with van der Waals surface area (Å²) in [6.07, 6.45) is 6.83. The molecule has 7 nitrogen and oxygen atoms in total. The fourth-order valence-electron chi connectivity index (χ4n) is 2.68. The lowest BCUT2D eigenvalue weighted by Gasteiger charge is -2.19. The van der Waals surface area contributed by atoms with Gasteiger partial charge in [-0.3, -0.25) is 0 Å². The molecule has 2 aromatic rings. The van der Waals surface area contributed by atoms with E-state index in [9.17, 15) is 8.42 Å². The highest BCUT2D eigenvalue weighted by atomic mass is 32.2. The molecule has 0 unspecified atom stereocenters. The maximum atomic E-state index is 12.1. The molecular weight excluding hydrogens is 306 g/mol. The zero-order valence-corrected chi connectivity index (χ0v) is 13.1. The van der Waals surface area contributed by atoms with Crippen LogP contribution in [0.5, 0.6) is 0 Å². The summed E-state index contributed by atoms with van der Waals surface area (Å²) >= 11 is 0. The van der Waals surface area contributed by atoms with Gasteiger partial charge in [0, 0.05) is 38.0 Å². The van der Waals surface area contributed by atoms with Crippen LogP contribution in [0.4, 0.5) is 0 Å². The van der Waals surface area contributed by atoms with E-state index in [1.807, 2.05) is 17.7 Å². The lowest BCUT2D eigenvalue weighted by Crippen LogP contribution is -2.31. The molecule has 1 N–H and O–H groups in total. The highest BCUT2D eigenvalue weighted by molar-refractivity contribution is 7.89. The van der Waals surface area contributed by atoms with E-state index >= 15 is 0 Å². The van der Waals surface area contributed by atoms with Gasteiger partial charge >= 0.3 is 0 Å². The van der Waals surface area contributed by atoms with Crippen LogP contribution in [0, 0.1) is 5.92 Å². The minimum absolute atomic E-state index is 0.0642. The number of sulfonamides is 1. The number of ether oxygens (including phenoxy) is 1. The second-order valence-corrected chi connectivity index (χ2v) is 6.99. The molecule has 3 heterocycles. The van der Waals surface area contributed by atoms with Crippen molar-refractivity contribution >= 4 is 10.0 Å². The molecule has 8 heteroatoms. The van der Waals surface area contributed by atoms with Gasteiger partial charge in [0.05, 0.1) is 6.26 Å². The molecule has 2 aromatic heterocycles. The van der Waals surface area contributed by atoms with Gasteiger partial charge in [0.2, 0.25) is 10.0 Å². The van der Waals surface area contributed by atoms with E-state index in [1.165, 1.54) is 18.6 Å². The number of nitrogens with one attached hydrogen (secondary N) is 1. The second kappa shape index (κ2) is 6.23. The Labute approximate surface area is 129 Å². The fraction of sp³-hybridized carbons (Fsp3) is 0.500. The van der Waals surface area contributed by atoms with Crippen LogP contribution < -0.4 is 4.72 Å². The van der Waals surface area contributed by atoms with Crippen molar-refractivity contribution < 1.29 is 17.6 Å². The van der Waals surface area contributed by atoms with Gasteiger partial charge in [-0.15, -0.1) is 0 Å². The molecule has 0 radical (unpaired) electrons. The highest BCUT2D eigenvalue weighted by Gasteiger charge is 2.33. The van der Waals surface area contributed by atoms with E-state index in [-0.39, 0.29) is 16.9 Å². The maximum Gasteiger partial charge on any atom is 0.243 e. The Morgan fingerprint density at radius 1 is 1.50 bits per heavy atom. The number of aromatic nitrogens is 2. The van der Waals surface area contributed by atoms with Crippen molar-refractivity contribution in [1.29, 1.82) is 0 Å². The minimum atomic E-state index is -3.54. The van der Waals surface area contributed by atoms with E-state index in [4.69, 9.17) is 9.15 Å². The van der Waals surface area contributed by atoms with Crippen LogP contribution in [0.3, 0.4) is 0 Å². The monoisotopic (exact) mass is 325 g/mol. The molecule has 0 aromatic carbocycles. The summed E-state index contributed by atoms with van der Waals surface area (Å²) in [5.74, 6) is 0.918. The molecule has 1 aliphatic heterocycles. The fourth-order valence-corrected chi connectivity index (χ4v) is 3.70. The van der Waals surface area contributed by atoms with Crippen molar-refractivity contribution in [3.63, 3.8) is 0 Å². The summed E-state index contributed by atoms with van der Waals surface area (Å²) in [7, 11) is -3.54. The van der Waals surface area contributed by atoms with Crippen molar-refractivity contribution in [3.8, 4) is 0 Å². The first-order valence-electron chi connectivity index (χ1n) is 7.26. The summed E-state index contributed by atoms with van der Waals surface area (Å²) in [4.78, 5) is 4.50. The number of imidazole rings is 1. The van der Waals surface area contributed by atoms with Crippen molar-refractivity contribution in [2.75, 3.05) is 13.2 Å². The Kier molecular flexibility index (Phi) is 4.32. The van der Waals surface area contributed by atoms with Gasteiger partial charge in [-0.2, -0.15) is 0 Å². The van der Waals surface area contributed by atoms with Gasteiger partial charge in [0.15, 0.2) is 0 Å². The molecule has 22 heavy (non-hydrogen) atoms. The molecule has 0 bridgehead atoms. The van der Waals surface area contributed by atoms with E-state index in [0.29, 0.717) is 13.2 Å². The summed E-state index contributed by atoms with van der Waals surface area (Å²) in [6, 6.07) is 1.43. The van der Waals surface area contributed by atoms with E-state index in [2.05, 4.69) is 9.71 Å². The topological polar surface area (TPSA) is 86.4 Å². The molecule has 0 spiro atoms. The highest BCUT2D eigenvalue weighted by Crippen LogP contribution is 2.33. The minimum Gasteiger partial charge on any atom is -0.471 e. The quantitative estimate of drug-likeness (QED) is 0.871. The van der Waals surface area contributed by atoms with Crippen molar-refractivity contribution in [3.05, 3.63) is 36.8 Å². The van der Waals surface area contributed by atoms with E-state index < -0.39 is 10.0 Å². The number of hydrogen-bond donors (Lipinski definition) is 1. The predicted molar refractivity (Wildman–Crippen MR) is 78.6 cm³/mol. The normalized spacial score (nSPS) is 22.2. The molecule has 1 fully saturated rings. The van der Waals surface area contributed by atoms with E-state index in [1.54, 1.807) is 6.20 Å². The van der Waals surface area contributed by atoms with Crippen LogP contribution in [-0.4, -0.2) is 31.1 Å². The first kappa shape index (κ1) is 15.3. The molecular formula is C14H19N3O4S. The number of hydrogen-bond acceptors (Lipinski definition) is 5. The van der Waals surface area contributed by atoms with E-state index in [0.717, 1.165) is 18.8 Å². The summed E-state index contributed by atoms with van der Waals surface area (Å²) in [6.45, 7) is 3.77. The average molecular weight is 325 g/mol. The predicted octanol–water partition coefficient (Wildman–Crippen LogP) is 1.55. The molecule has 0 saturated carbocycles. The first-order valence-corrected chi connectivity index (χ1v) is 8.74. The third-order valence-corrected chi connectivity index (χ3v) is 5.30. The van der Waals surface area contributed by atoms with Gasteiger partial charge in [-0.25, -0.2) is 18.1 Å². The molecule has 2 atom stereocenters. The van der Waals surface area contributed by atoms with Crippen LogP contribution >= 0.6 is 0 Å². The van der Waals surface area contributed by atoms with Crippen LogP contribution in [0.25, 0.3) is 0 Å². The molecule has 1 saturated heterocycles. The van der Waals surface area contributed by atoms with Crippen molar-refractivity contribution in [2.24, 2.45) is 5.92 Å². The third kappa shape index (κ3) is 2.94. The van der Waals surface area contributed by atoms with Crippen LogP contribution in [0.15, 0.2) is 40.3 Å². The zero-order chi connectivity index (χ0) is 15.6. The molecule has 0 amide bonds. The van der Waals surface area contributed by atoms with Crippen LogP contribution in [-0.2, 0) is 21.3 Å². The third-order valence-electron chi connectivity index (χ3n) is 3.90. The summed E-state index contributed by atoms with van der Waals surface area (Å²) in [5, 5.41) is 0. The lowest BCUT2D eigenvalue weighted by atomic mass is 10.0. The standard InChI is InChI=1S/C14H19N3O4S/c1-2-17-6-5-15-14(17)13-11(3-8-21-13)9-16-22(18,19)12-4-7-20-10-12/h4-7,10-11,13,16H,2-3,8-9H2,1H3/t11-,13+/m0/s1. The number of furan rings is 1. The second-order valence-electron chi connectivity index (χ2n) is 5.22. The Bertz CT molecular complexity index is 708. The SMILES string of the molecule is CCn1ccnc1[C@@H]1OCC[C@H]1CNS(=O)(=O)c1ccoc1. The van der Waals surface area contributed by atoms with Crippen molar-refractivity contribution in [1.82, 2.24) is 14.3 Å². The number of rotatable bonds is 6. The average Bonchev–Trinajstić information content (AvgIpc) is 3.23. The van der Waals surface area contributed by atoms with Gasteiger partial charge in [-0.1, -0.05) is 0 Å². The smallest absolute Gasteiger partial charge is 0.243 e. The maximum absolute atomic E-state index is 12.1. The van der Waals surface area contributed by atoms with Gasteiger partial charge in [0.25, 0.3) is 0 Å². The lowest BCUT2D eigenvalue weighted by molar-refractivity contribution is 0.0816. The molecule has 0 aliphatic carbocycles. The van der Waals surface area contributed by atoms with Crippen LogP contribution in [0.2, 0.25) is 0 Å². The zero-order valence-electron chi connectivity index (χ0n) is 12.3. The van der Waals surface area contributed by atoms with Gasteiger partial charge in [0.1, 0.15) is 23.1 Å². The Balaban J connectivity index is 1.70.